The number of hydrogen-bond acceptors (Lipinski definition) is 3. The van der Waals surface area contributed by atoms with Crippen LogP contribution < -0.4 is 10.6 Å². The molecule has 0 radical (unpaired) electrons. The van der Waals surface area contributed by atoms with Gasteiger partial charge in [0.05, 0.1) is 0 Å². The van der Waals surface area contributed by atoms with Gasteiger partial charge >= 0.3 is 6.09 Å². The fraction of sp³-hybridized carbons (Fsp3) is 0.400. The Labute approximate surface area is 142 Å². The number of nitrogens with zero attached hydrogens (tertiary/aromatic N) is 1. The van der Waals surface area contributed by atoms with E-state index in [1.165, 1.54) is 14.0 Å². The van der Waals surface area contributed by atoms with Crippen molar-refractivity contribution < 1.29 is 19.5 Å². The van der Waals surface area contributed by atoms with Crippen molar-refractivity contribution in [1.82, 2.24) is 10.2 Å². The van der Waals surface area contributed by atoms with Crippen molar-refractivity contribution in [3.8, 4) is 0 Å². The molecule has 3 amide bonds. The molecule has 2 atom stereocenters. The maximum Gasteiger partial charge on any atom is 0.407 e. The third kappa shape index (κ3) is 4.01. The lowest BCUT2D eigenvalue weighted by Crippen LogP contribution is -2.51. The van der Waals surface area contributed by atoms with Crippen molar-refractivity contribution in [2.45, 2.75) is 31.8 Å². The number of carboxylic acid groups (broad SMARTS) is 1. The monoisotopic (exact) mass is 383 g/mol. The number of amides is 3. The van der Waals surface area contributed by atoms with E-state index < -0.39 is 24.1 Å². The quantitative estimate of drug-likeness (QED) is 0.740. The third-order valence-corrected chi connectivity index (χ3v) is 4.42. The summed E-state index contributed by atoms with van der Waals surface area (Å²) < 4.78 is 0.857. The normalized spacial score (nSPS) is 18.2. The summed E-state index contributed by atoms with van der Waals surface area (Å²) in [5, 5.41) is 14.3. The minimum Gasteiger partial charge on any atom is -0.465 e. The fourth-order valence-corrected chi connectivity index (χ4v) is 2.67. The summed E-state index contributed by atoms with van der Waals surface area (Å²) in [5.41, 5.74) is 1.71. The molecule has 0 fully saturated rings. The highest BCUT2D eigenvalue weighted by Gasteiger charge is 2.29. The molecule has 0 aliphatic carbocycles. The van der Waals surface area contributed by atoms with Crippen LogP contribution >= 0.6 is 15.9 Å². The molecule has 1 aliphatic heterocycles. The average Bonchev–Trinajstić information content (AvgIpc) is 2.64. The molecule has 1 aromatic carbocycles. The van der Waals surface area contributed by atoms with Crippen molar-refractivity contribution in [2.75, 3.05) is 12.4 Å². The second-order valence-corrected chi connectivity index (χ2v) is 6.38. The van der Waals surface area contributed by atoms with Crippen LogP contribution in [0, 0.1) is 0 Å². The zero-order valence-corrected chi connectivity index (χ0v) is 14.4. The molecule has 3 N–H and O–H groups in total. The SMILES string of the molecule is C[C@@H](C(=O)NC1CCc2ccc(Br)cc2NC1=O)N(C)C(=O)O. The lowest BCUT2D eigenvalue weighted by atomic mass is 10.1. The molecule has 0 aromatic heterocycles. The maximum atomic E-state index is 12.3. The largest absolute Gasteiger partial charge is 0.465 e. The van der Waals surface area contributed by atoms with Crippen molar-refractivity contribution in [3.05, 3.63) is 28.2 Å². The second kappa shape index (κ2) is 6.99. The van der Waals surface area contributed by atoms with Crippen LogP contribution in [-0.4, -0.2) is 47.0 Å². The Hall–Kier alpha value is -2.09. The number of nitrogens with one attached hydrogen (secondary N) is 2. The van der Waals surface area contributed by atoms with Crippen molar-refractivity contribution in [2.24, 2.45) is 0 Å². The van der Waals surface area contributed by atoms with E-state index >= 15 is 0 Å². The van der Waals surface area contributed by atoms with Crippen LogP contribution in [0.1, 0.15) is 18.9 Å². The van der Waals surface area contributed by atoms with E-state index in [2.05, 4.69) is 26.6 Å². The van der Waals surface area contributed by atoms with E-state index in [0.717, 1.165) is 20.6 Å². The van der Waals surface area contributed by atoms with Gasteiger partial charge < -0.3 is 15.7 Å². The number of halogens is 1. The molecule has 1 aliphatic rings. The molecular formula is C15H18BrN3O4. The van der Waals surface area contributed by atoms with Crippen LogP contribution in [-0.2, 0) is 16.0 Å². The molecule has 0 bridgehead atoms. The zero-order valence-electron chi connectivity index (χ0n) is 12.8. The third-order valence-electron chi connectivity index (χ3n) is 3.93. The molecule has 124 valence electrons. The molecule has 0 spiro atoms. The van der Waals surface area contributed by atoms with Crippen LogP contribution in [0.15, 0.2) is 22.7 Å². The van der Waals surface area contributed by atoms with E-state index in [1.807, 2.05) is 18.2 Å². The number of benzene rings is 1. The van der Waals surface area contributed by atoms with Gasteiger partial charge in [-0.2, -0.15) is 0 Å². The van der Waals surface area contributed by atoms with Gasteiger partial charge in [-0.3, -0.25) is 14.5 Å². The maximum absolute atomic E-state index is 12.3. The van der Waals surface area contributed by atoms with Crippen molar-refractivity contribution in [1.29, 1.82) is 0 Å². The van der Waals surface area contributed by atoms with E-state index in [9.17, 15) is 14.4 Å². The number of hydrogen-bond donors (Lipinski definition) is 3. The van der Waals surface area contributed by atoms with Crippen LogP contribution in [0.4, 0.5) is 10.5 Å². The van der Waals surface area contributed by atoms with E-state index in [-0.39, 0.29) is 5.91 Å². The molecule has 1 aromatic rings. The smallest absolute Gasteiger partial charge is 0.407 e. The number of carbonyl (C=O) groups excluding carboxylic acids is 2. The Morgan fingerprint density at radius 3 is 2.83 bits per heavy atom. The number of rotatable bonds is 3. The lowest BCUT2D eigenvalue weighted by Gasteiger charge is -2.23. The molecule has 1 unspecified atom stereocenters. The Kier molecular flexibility index (Phi) is 5.25. The number of carbonyl (C=O) groups is 3. The molecule has 7 nitrogen and oxygen atoms in total. The van der Waals surface area contributed by atoms with Gasteiger partial charge in [0.15, 0.2) is 0 Å². The summed E-state index contributed by atoms with van der Waals surface area (Å²) in [6.07, 6.45) is -0.110. The standard InChI is InChI=1S/C15H18BrN3O4/c1-8(19(2)15(22)23)13(20)17-11-6-4-9-3-5-10(16)7-12(9)18-14(11)21/h3,5,7-8,11H,4,6H2,1-2H3,(H,17,20)(H,18,21)(H,22,23)/t8-,11?/m0/s1. The minimum absolute atomic E-state index is 0.305. The Balaban J connectivity index is 2.07. The summed E-state index contributed by atoms with van der Waals surface area (Å²) in [6, 6.07) is 4.06. The van der Waals surface area contributed by atoms with Crippen LogP contribution in [0.3, 0.4) is 0 Å². The first-order valence-electron chi connectivity index (χ1n) is 7.15. The predicted molar refractivity (Wildman–Crippen MR) is 88.3 cm³/mol. The van der Waals surface area contributed by atoms with Gasteiger partial charge in [0.2, 0.25) is 11.8 Å². The van der Waals surface area contributed by atoms with E-state index in [4.69, 9.17) is 5.11 Å². The van der Waals surface area contributed by atoms with Gasteiger partial charge in [0.1, 0.15) is 12.1 Å². The summed E-state index contributed by atoms with van der Waals surface area (Å²) in [7, 11) is 1.31. The van der Waals surface area contributed by atoms with E-state index in [1.54, 1.807) is 0 Å². The Morgan fingerprint density at radius 2 is 2.17 bits per heavy atom. The van der Waals surface area contributed by atoms with Crippen LogP contribution in [0.2, 0.25) is 0 Å². The van der Waals surface area contributed by atoms with Gasteiger partial charge in [-0.1, -0.05) is 22.0 Å². The highest BCUT2D eigenvalue weighted by atomic mass is 79.9. The molecule has 1 heterocycles. The van der Waals surface area contributed by atoms with E-state index in [0.29, 0.717) is 12.8 Å². The second-order valence-electron chi connectivity index (χ2n) is 5.46. The van der Waals surface area contributed by atoms with Gasteiger partial charge in [0, 0.05) is 17.2 Å². The van der Waals surface area contributed by atoms with Crippen molar-refractivity contribution >= 4 is 39.5 Å². The number of aryl methyl sites for hydroxylation is 1. The first kappa shape index (κ1) is 17.3. The summed E-state index contributed by atoms with van der Waals surface area (Å²) in [5.74, 6) is -0.803. The summed E-state index contributed by atoms with van der Waals surface area (Å²) >= 11 is 3.36. The number of fused-ring (bicyclic) bond motifs is 1. The molecular weight excluding hydrogens is 366 g/mol. The molecule has 2 rings (SSSR count). The summed E-state index contributed by atoms with van der Waals surface area (Å²) in [4.78, 5) is 36.2. The minimum atomic E-state index is -1.20. The molecule has 0 saturated carbocycles. The van der Waals surface area contributed by atoms with Crippen LogP contribution in [0.5, 0.6) is 0 Å². The summed E-state index contributed by atoms with van der Waals surface area (Å²) in [6.45, 7) is 1.48. The lowest BCUT2D eigenvalue weighted by molar-refractivity contribution is -0.129. The first-order valence-corrected chi connectivity index (χ1v) is 7.94. The number of anilines is 1. The average molecular weight is 384 g/mol. The van der Waals surface area contributed by atoms with Gasteiger partial charge in [-0.05, 0) is 37.5 Å². The Morgan fingerprint density at radius 1 is 1.48 bits per heavy atom. The fourth-order valence-electron chi connectivity index (χ4n) is 2.31. The van der Waals surface area contributed by atoms with Crippen molar-refractivity contribution in [3.63, 3.8) is 0 Å². The topological polar surface area (TPSA) is 98.7 Å². The molecule has 0 saturated heterocycles. The highest BCUT2D eigenvalue weighted by Crippen LogP contribution is 2.25. The predicted octanol–water partition coefficient (Wildman–Crippen LogP) is 1.82. The molecule has 8 heteroatoms. The number of likely N-dealkylation sites (N-methyl/N-ethyl adjacent to an activating group) is 1. The van der Waals surface area contributed by atoms with Crippen LogP contribution in [0.25, 0.3) is 0 Å². The highest BCUT2D eigenvalue weighted by molar-refractivity contribution is 9.10. The first-order chi connectivity index (χ1) is 10.8. The zero-order chi connectivity index (χ0) is 17.1. The molecule has 23 heavy (non-hydrogen) atoms. The van der Waals surface area contributed by atoms with Gasteiger partial charge in [-0.15, -0.1) is 0 Å². The van der Waals surface area contributed by atoms with Gasteiger partial charge in [0.25, 0.3) is 0 Å². The Bertz CT molecular complexity index is 650. The van der Waals surface area contributed by atoms with Gasteiger partial charge in [-0.25, -0.2) is 4.79 Å².